The fourth-order valence-electron chi connectivity index (χ4n) is 6.53. The Balaban J connectivity index is 0.000000335. The normalized spacial score (nSPS) is 15.8. The van der Waals surface area contributed by atoms with E-state index in [-0.39, 0.29) is 11.3 Å². The Morgan fingerprint density at radius 1 is 0.955 bits per heavy atom. The van der Waals surface area contributed by atoms with E-state index in [1.807, 2.05) is 48.9 Å². The van der Waals surface area contributed by atoms with E-state index in [4.69, 9.17) is 0 Å². The number of aromatic nitrogens is 4. The van der Waals surface area contributed by atoms with Crippen molar-refractivity contribution in [2.45, 2.75) is 90.3 Å². The Kier molecular flexibility index (Phi) is 8.50. The van der Waals surface area contributed by atoms with Crippen molar-refractivity contribution in [2.75, 3.05) is 6.54 Å². The molecule has 3 aromatic heterocycles. The van der Waals surface area contributed by atoms with Crippen molar-refractivity contribution in [3.8, 4) is 11.1 Å². The number of hydrogen-bond donors (Lipinski definition) is 1. The minimum absolute atomic E-state index is 0.00739. The van der Waals surface area contributed by atoms with Crippen LogP contribution in [0.2, 0.25) is 0 Å². The van der Waals surface area contributed by atoms with Crippen LogP contribution in [0.5, 0.6) is 0 Å². The average molecular weight is 589 g/mol. The van der Waals surface area contributed by atoms with Crippen LogP contribution in [0.25, 0.3) is 27.8 Å². The quantitative estimate of drug-likeness (QED) is 0.204. The van der Waals surface area contributed by atoms with E-state index in [1.165, 1.54) is 17.7 Å². The average Bonchev–Trinajstić information content (AvgIpc) is 3.70. The van der Waals surface area contributed by atoms with Crippen LogP contribution < -0.4 is 5.32 Å². The lowest BCUT2D eigenvalue weighted by Crippen LogP contribution is -2.39. The monoisotopic (exact) mass is 588 g/mol. The molecule has 7 rings (SSSR count). The van der Waals surface area contributed by atoms with Crippen molar-refractivity contribution in [3.05, 3.63) is 96.2 Å². The van der Waals surface area contributed by atoms with Crippen LogP contribution in [-0.4, -0.2) is 54.8 Å². The Bertz CT molecular complexity index is 1740. The first-order valence-corrected chi connectivity index (χ1v) is 16.1. The topological polar surface area (TPSA) is 75.4 Å². The maximum absolute atomic E-state index is 12.5. The van der Waals surface area contributed by atoms with Gasteiger partial charge in [-0.2, -0.15) is 0 Å². The number of fused-ring (bicyclic) bond motifs is 2. The lowest BCUT2D eigenvalue weighted by molar-refractivity contribution is 0.0917. The van der Waals surface area contributed by atoms with Gasteiger partial charge in [-0.15, -0.1) is 0 Å². The third kappa shape index (κ3) is 5.98. The minimum Gasteiger partial charge on any atom is -0.349 e. The maximum atomic E-state index is 12.5. The Labute approximate surface area is 260 Å². The fraction of sp³-hybridized carbons (Fsp3) is 0.405. The molecule has 2 aliphatic carbocycles. The number of imidazole rings is 1. The lowest BCUT2D eigenvalue weighted by atomic mass is 9.91. The molecule has 2 aromatic carbocycles. The molecule has 0 spiro atoms. The molecular weight excluding hydrogens is 544 g/mol. The number of pyridine rings is 1. The van der Waals surface area contributed by atoms with Gasteiger partial charge in [0.05, 0.1) is 17.4 Å². The van der Waals surface area contributed by atoms with Gasteiger partial charge in [-0.25, -0.2) is 9.97 Å². The zero-order valence-corrected chi connectivity index (χ0v) is 26.6. The summed E-state index contributed by atoms with van der Waals surface area (Å²) in [6.45, 7) is 12.3. The lowest BCUT2D eigenvalue weighted by Gasteiger charge is -2.28. The highest BCUT2D eigenvalue weighted by Gasteiger charge is 2.48. The number of amides is 1. The first kappa shape index (κ1) is 29.9. The molecule has 7 heteroatoms. The van der Waals surface area contributed by atoms with E-state index >= 15 is 0 Å². The molecule has 2 fully saturated rings. The smallest absolute Gasteiger partial charge is 0.251 e. The van der Waals surface area contributed by atoms with E-state index < -0.39 is 0 Å². The highest BCUT2D eigenvalue weighted by molar-refractivity contribution is 5.95. The molecule has 1 N–H and O–H groups in total. The highest BCUT2D eigenvalue weighted by Crippen LogP contribution is 2.53. The predicted molar refractivity (Wildman–Crippen MR) is 178 cm³/mol. The van der Waals surface area contributed by atoms with Crippen molar-refractivity contribution < 1.29 is 4.79 Å². The number of nitrogens with one attached hydrogen (secondary N) is 1. The van der Waals surface area contributed by atoms with E-state index in [0.29, 0.717) is 29.5 Å². The minimum atomic E-state index is -0.0484. The molecule has 1 amide bonds. The van der Waals surface area contributed by atoms with Gasteiger partial charge in [0.15, 0.2) is 0 Å². The summed E-state index contributed by atoms with van der Waals surface area (Å²) < 4.78 is 2.13. The first-order chi connectivity index (χ1) is 21.3. The molecule has 0 radical (unpaired) electrons. The van der Waals surface area contributed by atoms with Crippen molar-refractivity contribution in [1.82, 2.24) is 29.6 Å². The number of hydrogen-bond acceptors (Lipinski definition) is 5. The molecule has 5 aromatic rings. The van der Waals surface area contributed by atoms with Gasteiger partial charge in [0, 0.05) is 58.6 Å². The summed E-state index contributed by atoms with van der Waals surface area (Å²) in [5.74, 6) is 0.710. The van der Waals surface area contributed by atoms with Crippen LogP contribution in [-0.2, 0) is 5.41 Å². The second-order valence-electron chi connectivity index (χ2n) is 12.8. The second kappa shape index (κ2) is 12.5. The van der Waals surface area contributed by atoms with Crippen molar-refractivity contribution in [1.29, 1.82) is 0 Å². The summed E-state index contributed by atoms with van der Waals surface area (Å²) >= 11 is 0. The summed E-state index contributed by atoms with van der Waals surface area (Å²) in [6.07, 6.45) is 13.3. The second-order valence-corrected chi connectivity index (χ2v) is 12.8. The molecule has 0 atom stereocenters. The molecule has 7 nitrogen and oxygen atoms in total. The number of rotatable bonds is 8. The van der Waals surface area contributed by atoms with Crippen molar-refractivity contribution >= 4 is 22.6 Å². The highest BCUT2D eigenvalue weighted by atomic mass is 16.1. The molecule has 0 unspecified atom stereocenters. The Hall–Kier alpha value is -4.10. The van der Waals surface area contributed by atoms with E-state index in [0.717, 1.165) is 54.3 Å². The van der Waals surface area contributed by atoms with Gasteiger partial charge < -0.3 is 5.32 Å². The largest absolute Gasteiger partial charge is 0.349 e. The molecule has 0 bridgehead atoms. The van der Waals surface area contributed by atoms with Crippen LogP contribution in [0.15, 0.2) is 79.4 Å². The summed E-state index contributed by atoms with van der Waals surface area (Å²) in [7, 11) is 0. The molecule has 228 valence electrons. The zero-order chi connectivity index (χ0) is 30.8. The summed E-state index contributed by atoms with van der Waals surface area (Å²) in [5, 5.41) is 4.26. The molecule has 3 heterocycles. The van der Waals surface area contributed by atoms with Gasteiger partial charge in [0.2, 0.25) is 5.78 Å². The summed E-state index contributed by atoms with van der Waals surface area (Å²) in [6, 6.07) is 20.2. The molecule has 0 aliphatic heterocycles. The SMILES string of the molecule is CCN(C(C)C)C(C)C.O=C(NC1CCC1)c1ccc(-c2cnc3ncc(C4(c5ccc6ncccc6c5)CC4)n3c2)cc1. The van der Waals surface area contributed by atoms with Crippen LogP contribution in [0, 0.1) is 0 Å². The summed E-state index contributed by atoms with van der Waals surface area (Å²) in [5.41, 5.74) is 6.16. The Morgan fingerprint density at radius 3 is 2.30 bits per heavy atom. The van der Waals surface area contributed by atoms with E-state index in [2.05, 4.69) is 94.7 Å². The summed E-state index contributed by atoms with van der Waals surface area (Å²) in [4.78, 5) is 28.7. The molecular formula is C37H44N6O. The van der Waals surface area contributed by atoms with Gasteiger partial charge in [-0.05, 0) is 108 Å². The van der Waals surface area contributed by atoms with E-state index in [1.54, 1.807) is 0 Å². The number of benzene rings is 2. The van der Waals surface area contributed by atoms with Crippen LogP contribution in [0.4, 0.5) is 0 Å². The van der Waals surface area contributed by atoms with Crippen molar-refractivity contribution in [3.63, 3.8) is 0 Å². The molecule has 2 saturated carbocycles. The molecule has 2 aliphatic rings. The third-order valence-electron chi connectivity index (χ3n) is 9.37. The van der Waals surface area contributed by atoms with Crippen LogP contribution in [0.1, 0.15) is 88.3 Å². The zero-order valence-electron chi connectivity index (χ0n) is 26.6. The Morgan fingerprint density at radius 2 is 1.68 bits per heavy atom. The van der Waals surface area contributed by atoms with Crippen LogP contribution in [0.3, 0.4) is 0 Å². The van der Waals surface area contributed by atoms with Gasteiger partial charge in [0.25, 0.3) is 5.91 Å². The molecule has 0 saturated heterocycles. The maximum Gasteiger partial charge on any atom is 0.251 e. The van der Waals surface area contributed by atoms with Crippen molar-refractivity contribution in [2.24, 2.45) is 0 Å². The van der Waals surface area contributed by atoms with E-state index in [9.17, 15) is 4.79 Å². The number of nitrogens with zero attached hydrogens (tertiary/aromatic N) is 5. The number of carbonyl (C=O) groups excluding carboxylic acids is 1. The van der Waals surface area contributed by atoms with Gasteiger partial charge >= 0.3 is 0 Å². The standard InChI is InChI=1S/C29H25N5O.C8H19N/c35-27(33-24-4-1-5-24)20-8-6-19(7-9-20)22-16-31-28-32-17-26(34(28)18-22)29(12-13-29)23-10-11-25-21(15-23)3-2-14-30-25;1-6-9(7(2)3)8(4)5/h2-3,6-11,14-18,24H,1,4-5,12-13H2,(H,33,35);7-8H,6H2,1-5H3. The third-order valence-corrected chi connectivity index (χ3v) is 9.37. The number of carbonyl (C=O) groups is 1. The predicted octanol–water partition coefficient (Wildman–Crippen LogP) is 7.43. The van der Waals surface area contributed by atoms with Gasteiger partial charge in [-0.3, -0.25) is 19.1 Å². The molecule has 44 heavy (non-hydrogen) atoms. The first-order valence-electron chi connectivity index (χ1n) is 16.1. The van der Waals surface area contributed by atoms with Gasteiger partial charge in [0.1, 0.15) is 0 Å². The van der Waals surface area contributed by atoms with Crippen LogP contribution >= 0.6 is 0 Å². The fourth-order valence-corrected chi connectivity index (χ4v) is 6.53. The van der Waals surface area contributed by atoms with Gasteiger partial charge in [-0.1, -0.05) is 31.2 Å².